The molecule has 1 saturated carbocycles. The highest BCUT2D eigenvalue weighted by atomic mass is 16.4. The predicted octanol–water partition coefficient (Wildman–Crippen LogP) is 1.11. The summed E-state index contributed by atoms with van der Waals surface area (Å²) in [6.07, 6.45) is 5.11. The summed E-state index contributed by atoms with van der Waals surface area (Å²) in [5.74, 6) is -0.910. The molecule has 2 atom stereocenters. The highest BCUT2D eigenvalue weighted by molar-refractivity contribution is 5.88. The molecule has 1 fully saturated rings. The average molecular weight is 238 g/mol. The van der Waals surface area contributed by atoms with Crippen LogP contribution in [0.3, 0.4) is 0 Å². The van der Waals surface area contributed by atoms with Crippen molar-refractivity contribution in [2.75, 3.05) is 0 Å². The van der Waals surface area contributed by atoms with E-state index in [2.05, 4.69) is 10.3 Å². The van der Waals surface area contributed by atoms with E-state index in [-0.39, 0.29) is 12.1 Å². The minimum Gasteiger partial charge on any atom is -0.478 e. The first-order valence-corrected chi connectivity index (χ1v) is 5.98. The number of aromatic amines is 1. The minimum atomic E-state index is -0.910. The smallest absolute Gasteiger partial charge is 0.337 e. The van der Waals surface area contributed by atoms with E-state index in [1.165, 1.54) is 0 Å². The summed E-state index contributed by atoms with van der Waals surface area (Å²) in [5, 5.41) is 21.8. The number of carboxylic acids is 1. The average Bonchev–Trinajstić information content (AvgIpc) is 2.74. The Bertz CT molecular complexity index is 389. The number of nitrogens with one attached hydrogen (secondary N) is 2. The van der Waals surface area contributed by atoms with E-state index < -0.39 is 5.97 Å². The number of carboxylic acid groups (broad SMARTS) is 1. The molecule has 0 amide bonds. The van der Waals surface area contributed by atoms with Crippen LogP contribution in [0.25, 0.3) is 0 Å². The van der Waals surface area contributed by atoms with Crippen LogP contribution in [0.5, 0.6) is 0 Å². The van der Waals surface area contributed by atoms with Crippen LogP contribution in [0.4, 0.5) is 0 Å². The fraction of sp³-hybridized carbons (Fsp3) is 0.583. The second-order valence-corrected chi connectivity index (χ2v) is 4.57. The van der Waals surface area contributed by atoms with Gasteiger partial charge in [-0.1, -0.05) is 0 Å². The van der Waals surface area contributed by atoms with Gasteiger partial charge in [-0.2, -0.15) is 0 Å². The van der Waals surface area contributed by atoms with Crippen molar-refractivity contribution in [2.24, 2.45) is 0 Å². The Labute approximate surface area is 99.9 Å². The van der Waals surface area contributed by atoms with Crippen LogP contribution in [0.1, 0.15) is 41.7 Å². The maximum absolute atomic E-state index is 10.9. The summed E-state index contributed by atoms with van der Waals surface area (Å²) < 4.78 is 0. The Morgan fingerprint density at radius 3 is 3.06 bits per heavy atom. The molecule has 0 aliphatic heterocycles. The number of aliphatic hydroxyl groups is 1. The Balaban J connectivity index is 1.89. The lowest BCUT2D eigenvalue weighted by molar-refractivity contribution is 0.0695. The molecule has 17 heavy (non-hydrogen) atoms. The van der Waals surface area contributed by atoms with Gasteiger partial charge in [-0.3, -0.25) is 0 Å². The number of aromatic nitrogens is 1. The van der Waals surface area contributed by atoms with Gasteiger partial charge in [0.1, 0.15) is 0 Å². The van der Waals surface area contributed by atoms with Crippen LogP contribution in [-0.2, 0) is 6.54 Å². The quantitative estimate of drug-likeness (QED) is 0.633. The first-order chi connectivity index (χ1) is 8.16. The molecule has 0 spiro atoms. The third-order valence-corrected chi connectivity index (χ3v) is 3.28. The fourth-order valence-electron chi connectivity index (χ4n) is 2.35. The van der Waals surface area contributed by atoms with Crippen LogP contribution in [-0.4, -0.2) is 33.3 Å². The molecule has 1 aromatic rings. The van der Waals surface area contributed by atoms with Gasteiger partial charge in [0.2, 0.25) is 0 Å². The lowest BCUT2D eigenvalue weighted by Gasteiger charge is -2.26. The van der Waals surface area contributed by atoms with Gasteiger partial charge in [-0.15, -0.1) is 0 Å². The molecule has 1 heterocycles. The Kier molecular flexibility index (Phi) is 3.81. The first kappa shape index (κ1) is 12.1. The van der Waals surface area contributed by atoms with E-state index in [1.54, 1.807) is 12.3 Å². The monoisotopic (exact) mass is 238 g/mol. The lowest BCUT2D eigenvalue weighted by atomic mass is 9.93. The lowest BCUT2D eigenvalue weighted by Crippen LogP contribution is -2.35. The van der Waals surface area contributed by atoms with Gasteiger partial charge in [-0.05, 0) is 31.7 Å². The minimum absolute atomic E-state index is 0.219. The van der Waals surface area contributed by atoms with Crippen molar-refractivity contribution in [3.63, 3.8) is 0 Å². The fourth-order valence-corrected chi connectivity index (χ4v) is 2.35. The summed E-state index contributed by atoms with van der Waals surface area (Å²) in [6.45, 7) is 0.506. The van der Waals surface area contributed by atoms with Gasteiger partial charge in [-0.25, -0.2) is 4.79 Å². The number of H-pyrrole nitrogens is 1. The standard InChI is InChI=1S/C12H18N2O3/c15-9-3-1-2-8(6-9)14-7-11-10(12(16)17)4-5-13-11/h4-5,8-9,13-15H,1-3,6-7H2,(H,16,17). The van der Waals surface area contributed by atoms with Gasteiger partial charge >= 0.3 is 5.97 Å². The number of hydrogen-bond donors (Lipinski definition) is 4. The number of aromatic carboxylic acids is 1. The van der Waals surface area contributed by atoms with E-state index in [1.807, 2.05) is 0 Å². The molecule has 1 aliphatic rings. The largest absolute Gasteiger partial charge is 0.478 e. The van der Waals surface area contributed by atoms with E-state index in [0.29, 0.717) is 17.8 Å². The molecule has 0 aromatic carbocycles. The molecule has 2 rings (SSSR count). The summed E-state index contributed by atoms with van der Waals surface area (Å²) >= 11 is 0. The highest BCUT2D eigenvalue weighted by Gasteiger charge is 2.20. The van der Waals surface area contributed by atoms with Crippen LogP contribution in [0, 0.1) is 0 Å². The molecule has 0 saturated heterocycles. The zero-order valence-electron chi connectivity index (χ0n) is 9.65. The Morgan fingerprint density at radius 2 is 2.35 bits per heavy atom. The van der Waals surface area contributed by atoms with Gasteiger partial charge in [0, 0.05) is 24.5 Å². The molecule has 5 heteroatoms. The van der Waals surface area contributed by atoms with Crippen molar-refractivity contribution in [3.05, 3.63) is 23.5 Å². The number of aliphatic hydroxyl groups excluding tert-OH is 1. The predicted molar refractivity (Wildman–Crippen MR) is 62.9 cm³/mol. The van der Waals surface area contributed by atoms with Crippen molar-refractivity contribution < 1.29 is 15.0 Å². The molecule has 2 unspecified atom stereocenters. The molecule has 94 valence electrons. The molecule has 1 aliphatic carbocycles. The van der Waals surface area contributed by atoms with Crippen molar-refractivity contribution >= 4 is 5.97 Å². The second kappa shape index (κ2) is 5.33. The summed E-state index contributed by atoms with van der Waals surface area (Å²) in [6, 6.07) is 1.85. The third kappa shape index (κ3) is 3.08. The summed E-state index contributed by atoms with van der Waals surface area (Å²) in [7, 11) is 0. The normalized spacial score (nSPS) is 24.8. The van der Waals surface area contributed by atoms with Gasteiger partial charge in [0.25, 0.3) is 0 Å². The van der Waals surface area contributed by atoms with Crippen molar-refractivity contribution in [1.82, 2.24) is 10.3 Å². The molecule has 1 aromatic heterocycles. The molecule has 0 radical (unpaired) electrons. The van der Waals surface area contributed by atoms with E-state index in [0.717, 1.165) is 25.7 Å². The van der Waals surface area contributed by atoms with E-state index in [4.69, 9.17) is 5.11 Å². The molecule has 0 bridgehead atoms. The second-order valence-electron chi connectivity index (χ2n) is 4.57. The van der Waals surface area contributed by atoms with Crippen molar-refractivity contribution in [1.29, 1.82) is 0 Å². The third-order valence-electron chi connectivity index (χ3n) is 3.28. The van der Waals surface area contributed by atoms with Crippen LogP contribution in [0.2, 0.25) is 0 Å². The topological polar surface area (TPSA) is 85.3 Å². The van der Waals surface area contributed by atoms with Gasteiger partial charge in [0.05, 0.1) is 11.7 Å². The zero-order chi connectivity index (χ0) is 12.3. The Hall–Kier alpha value is -1.33. The van der Waals surface area contributed by atoms with Crippen LogP contribution < -0.4 is 5.32 Å². The zero-order valence-corrected chi connectivity index (χ0v) is 9.65. The Morgan fingerprint density at radius 1 is 1.53 bits per heavy atom. The highest BCUT2D eigenvalue weighted by Crippen LogP contribution is 2.19. The van der Waals surface area contributed by atoms with Crippen LogP contribution >= 0.6 is 0 Å². The number of hydrogen-bond acceptors (Lipinski definition) is 3. The molecular formula is C12H18N2O3. The number of rotatable bonds is 4. The van der Waals surface area contributed by atoms with Crippen LogP contribution in [0.15, 0.2) is 12.3 Å². The van der Waals surface area contributed by atoms with Gasteiger partial charge < -0.3 is 20.5 Å². The maximum Gasteiger partial charge on any atom is 0.337 e. The van der Waals surface area contributed by atoms with E-state index in [9.17, 15) is 9.90 Å². The summed E-state index contributed by atoms with van der Waals surface area (Å²) in [4.78, 5) is 13.8. The molecular weight excluding hydrogens is 220 g/mol. The van der Waals surface area contributed by atoms with Gasteiger partial charge in [0.15, 0.2) is 0 Å². The van der Waals surface area contributed by atoms with E-state index >= 15 is 0 Å². The summed E-state index contributed by atoms with van der Waals surface area (Å²) in [5.41, 5.74) is 1.01. The first-order valence-electron chi connectivity index (χ1n) is 5.98. The van der Waals surface area contributed by atoms with Crippen molar-refractivity contribution in [2.45, 2.75) is 44.4 Å². The van der Waals surface area contributed by atoms with Crippen molar-refractivity contribution in [3.8, 4) is 0 Å². The molecule has 4 N–H and O–H groups in total. The molecule has 5 nitrogen and oxygen atoms in total. The maximum atomic E-state index is 10.9. The SMILES string of the molecule is O=C(O)c1cc[nH]c1CNC1CCCC(O)C1. The number of carbonyl (C=O) groups is 1.